The van der Waals surface area contributed by atoms with E-state index < -0.39 is 0 Å². The van der Waals surface area contributed by atoms with Crippen molar-refractivity contribution in [2.45, 2.75) is 32.1 Å². The standard InChI is InChI=1S/C13H19FN2/c1-9-2-3-10(7-15)12(6-9)11-4-5-16-8-13(11)14/h4-5,8-10,12H,2-3,6-7,15H2,1H3. The Balaban J connectivity index is 2.26. The van der Waals surface area contributed by atoms with E-state index in [-0.39, 0.29) is 11.7 Å². The van der Waals surface area contributed by atoms with Gasteiger partial charge < -0.3 is 5.73 Å². The smallest absolute Gasteiger partial charge is 0.144 e. The zero-order chi connectivity index (χ0) is 11.5. The molecule has 3 heteroatoms. The van der Waals surface area contributed by atoms with Crippen LogP contribution in [0, 0.1) is 17.7 Å². The van der Waals surface area contributed by atoms with E-state index in [4.69, 9.17) is 5.73 Å². The molecule has 2 N–H and O–H groups in total. The molecule has 0 aromatic carbocycles. The third-order valence-electron chi connectivity index (χ3n) is 3.76. The van der Waals surface area contributed by atoms with Crippen molar-refractivity contribution in [1.82, 2.24) is 4.98 Å². The molecular weight excluding hydrogens is 203 g/mol. The molecule has 0 aliphatic heterocycles. The van der Waals surface area contributed by atoms with Gasteiger partial charge in [0.1, 0.15) is 5.82 Å². The summed E-state index contributed by atoms with van der Waals surface area (Å²) in [5.41, 5.74) is 6.59. The summed E-state index contributed by atoms with van der Waals surface area (Å²) in [6.45, 7) is 2.89. The van der Waals surface area contributed by atoms with E-state index in [2.05, 4.69) is 11.9 Å². The third kappa shape index (κ3) is 2.24. The monoisotopic (exact) mass is 222 g/mol. The van der Waals surface area contributed by atoms with Gasteiger partial charge in [-0.1, -0.05) is 13.3 Å². The second kappa shape index (κ2) is 4.91. The summed E-state index contributed by atoms with van der Waals surface area (Å²) in [5, 5.41) is 0. The number of nitrogens with two attached hydrogens (primary N) is 1. The maximum Gasteiger partial charge on any atom is 0.144 e. The molecule has 16 heavy (non-hydrogen) atoms. The van der Waals surface area contributed by atoms with Gasteiger partial charge in [0.2, 0.25) is 0 Å². The van der Waals surface area contributed by atoms with Gasteiger partial charge >= 0.3 is 0 Å². The number of pyridine rings is 1. The minimum absolute atomic E-state index is 0.181. The van der Waals surface area contributed by atoms with Crippen molar-refractivity contribution in [3.8, 4) is 0 Å². The molecule has 88 valence electrons. The Hall–Kier alpha value is -0.960. The molecule has 1 aromatic rings. The molecule has 3 atom stereocenters. The maximum absolute atomic E-state index is 13.7. The Morgan fingerprint density at radius 3 is 3.00 bits per heavy atom. The Labute approximate surface area is 96.1 Å². The highest BCUT2D eigenvalue weighted by Crippen LogP contribution is 2.40. The summed E-state index contributed by atoms with van der Waals surface area (Å²) in [6.07, 6.45) is 6.35. The van der Waals surface area contributed by atoms with Crippen LogP contribution in [0.1, 0.15) is 37.7 Å². The minimum Gasteiger partial charge on any atom is -0.330 e. The van der Waals surface area contributed by atoms with Crippen molar-refractivity contribution >= 4 is 0 Å². The van der Waals surface area contributed by atoms with E-state index in [0.29, 0.717) is 18.4 Å². The highest BCUT2D eigenvalue weighted by atomic mass is 19.1. The van der Waals surface area contributed by atoms with Crippen molar-refractivity contribution in [1.29, 1.82) is 0 Å². The van der Waals surface area contributed by atoms with E-state index in [0.717, 1.165) is 18.4 Å². The second-order valence-electron chi connectivity index (χ2n) is 4.92. The molecule has 3 unspecified atom stereocenters. The largest absolute Gasteiger partial charge is 0.330 e. The molecule has 2 rings (SSSR count). The van der Waals surface area contributed by atoms with Crippen molar-refractivity contribution in [3.05, 3.63) is 29.8 Å². The van der Waals surface area contributed by atoms with Crippen molar-refractivity contribution in [2.75, 3.05) is 6.54 Å². The molecule has 1 saturated carbocycles. The summed E-state index contributed by atoms with van der Waals surface area (Å²) in [6, 6.07) is 1.81. The molecule has 1 aromatic heterocycles. The van der Waals surface area contributed by atoms with Gasteiger partial charge in [0, 0.05) is 6.20 Å². The maximum atomic E-state index is 13.7. The highest BCUT2D eigenvalue weighted by molar-refractivity contribution is 5.20. The number of hydrogen-bond acceptors (Lipinski definition) is 2. The lowest BCUT2D eigenvalue weighted by Gasteiger charge is -2.34. The predicted molar refractivity (Wildman–Crippen MR) is 62.5 cm³/mol. The molecule has 1 aliphatic rings. The molecule has 0 saturated heterocycles. The van der Waals surface area contributed by atoms with Crippen LogP contribution < -0.4 is 5.73 Å². The minimum atomic E-state index is -0.181. The molecule has 1 aliphatic carbocycles. The molecular formula is C13H19FN2. The molecule has 1 heterocycles. The van der Waals surface area contributed by atoms with Crippen LogP contribution >= 0.6 is 0 Å². The van der Waals surface area contributed by atoms with E-state index >= 15 is 0 Å². The lowest BCUT2D eigenvalue weighted by atomic mass is 9.72. The van der Waals surface area contributed by atoms with Gasteiger partial charge in [-0.3, -0.25) is 4.98 Å². The second-order valence-corrected chi connectivity index (χ2v) is 4.92. The Kier molecular flexibility index (Phi) is 3.54. The average molecular weight is 222 g/mol. The van der Waals surface area contributed by atoms with Gasteiger partial charge in [0.25, 0.3) is 0 Å². The number of hydrogen-bond donors (Lipinski definition) is 1. The number of nitrogens with zero attached hydrogens (tertiary/aromatic N) is 1. The number of aromatic nitrogens is 1. The lowest BCUT2D eigenvalue weighted by Crippen LogP contribution is -2.28. The molecule has 0 amide bonds. The summed E-state index contributed by atoms with van der Waals surface area (Å²) in [7, 11) is 0. The first-order valence-corrected chi connectivity index (χ1v) is 6.01. The third-order valence-corrected chi connectivity index (χ3v) is 3.76. The Bertz CT molecular complexity index is 354. The van der Waals surface area contributed by atoms with Crippen LogP contribution in [0.4, 0.5) is 4.39 Å². The van der Waals surface area contributed by atoms with E-state index in [1.165, 1.54) is 12.6 Å². The fraction of sp³-hybridized carbons (Fsp3) is 0.615. The first kappa shape index (κ1) is 11.5. The Morgan fingerprint density at radius 1 is 1.50 bits per heavy atom. The van der Waals surface area contributed by atoms with Crippen LogP contribution in [0.25, 0.3) is 0 Å². The average Bonchev–Trinajstić information content (AvgIpc) is 2.29. The number of rotatable bonds is 2. The summed E-state index contributed by atoms with van der Waals surface area (Å²) < 4.78 is 13.7. The summed E-state index contributed by atoms with van der Waals surface area (Å²) in [5.74, 6) is 1.19. The number of halogens is 1. The topological polar surface area (TPSA) is 38.9 Å². The SMILES string of the molecule is CC1CCC(CN)C(c2ccncc2F)C1. The molecule has 2 nitrogen and oxygen atoms in total. The van der Waals surface area contributed by atoms with Crippen LogP contribution in [0.5, 0.6) is 0 Å². The molecule has 1 fully saturated rings. The van der Waals surface area contributed by atoms with E-state index in [1.807, 2.05) is 0 Å². The highest BCUT2D eigenvalue weighted by Gasteiger charge is 2.30. The quantitative estimate of drug-likeness (QED) is 0.835. The van der Waals surface area contributed by atoms with Crippen molar-refractivity contribution in [3.63, 3.8) is 0 Å². The van der Waals surface area contributed by atoms with Gasteiger partial charge in [0.05, 0.1) is 6.20 Å². The van der Waals surface area contributed by atoms with Gasteiger partial charge in [-0.15, -0.1) is 0 Å². The summed E-state index contributed by atoms with van der Waals surface area (Å²) in [4.78, 5) is 3.80. The zero-order valence-corrected chi connectivity index (χ0v) is 9.70. The van der Waals surface area contributed by atoms with Gasteiger partial charge in [-0.05, 0) is 48.8 Å². The van der Waals surface area contributed by atoms with Gasteiger partial charge in [-0.2, -0.15) is 0 Å². The zero-order valence-electron chi connectivity index (χ0n) is 9.70. The van der Waals surface area contributed by atoms with Crippen LogP contribution in [-0.2, 0) is 0 Å². The molecule has 0 spiro atoms. The van der Waals surface area contributed by atoms with E-state index in [9.17, 15) is 4.39 Å². The normalized spacial score (nSPS) is 30.3. The lowest BCUT2D eigenvalue weighted by molar-refractivity contribution is 0.249. The van der Waals surface area contributed by atoms with Crippen molar-refractivity contribution in [2.24, 2.45) is 17.6 Å². The fourth-order valence-corrected chi connectivity index (χ4v) is 2.79. The van der Waals surface area contributed by atoms with Crippen LogP contribution in [0.15, 0.2) is 18.5 Å². The first-order chi connectivity index (χ1) is 7.72. The summed E-state index contributed by atoms with van der Waals surface area (Å²) >= 11 is 0. The van der Waals surface area contributed by atoms with Crippen LogP contribution in [0.2, 0.25) is 0 Å². The van der Waals surface area contributed by atoms with Crippen molar-refractivity contribution < 1.29 is 4.39 Å². The Morgan fingerprint density at radius 2 is 2.31 bits per heavy atom. The fourth-order valence-electron chi connectivity index (χ4n) is 2.79. The van der Waals surface area contributed by atoms with Crippen LogP contribution in [0.3, 0.4) is 0 Å². The van der Waals surface area contributed by atoms with Gasteiger partial charge in [-0.25, -0.2) is 4.39 Å². The molecule has 0 radical (unpaired) electrons. The molecule has 0 bridgehead atoms. The van der Waals surface area contributed by atoms with Crippen LogP contribution in [-0.4, -0.2) is 11.5 Å². The van der Waals surface area contributed by atoms with Gasteiger partial charge in [0.15, 0.2) is 0 Å². The first-order valence-electron chi connectivity index (χ1n) is 6.01. The van der Waals surface area contributed by atoms with E-state index in [1.54, 1.807) is 12.3 Å². The predicted octanol–water partition coefficient (Wildman–Crippen LogP) is 2.70.